The van der Waals surface area contributed by atoms with Crippen LogP contribution in [-0.2, 0) is 25.7 Å². The molecule has 7 rings (SSSR count). The lowest BCUT2D eigenvalue weighted by molar-refractivity contribution is -0.270. The molecule has 0 fully saturated rings. The minimum atomic E-state index is -0.0819. The molecule has 3 N–H and O–H groups in total. The van der Waals surface area contributed by atoms with Crippen molar-refractivity contribution in [3.63, 3.8) is 0 Å². The van der Waals surface area contributed by atoms with Crippen LogP contribution in [0.2, 0.25) is 0 Å². The Kier molecular flexibility index (Phi) is 14.3. The first-order valence-corrected chi connectivity index (χ1v) is 17.6. The van der Waals surface area contributed by atoms with Crippen molar-refractivity contribution in [2.24, 2.45) is 0 Å². The van der Waals surface area contributed by atoms with Gasteiger partial charge in [0.05, 0.1) is 0 Å². The van der Waals surface area contributed by atoms with Crippen LogP contribution in [0.15, 0.2) is 109 Å². The van der Waals surface area contributed by atoms with E-state index in [1.165, 1.54) is 0 Å². The highest BCUT2D eigenvalue weighted by molar-refractivity contribution is 5.71. The van der Waals surface area contributed by atoms with Crippen LogP contribution in [0.1, 0.15) is 98.2 Å². The van der Waals surface area contributed by atoms with Gasteiger partial charge in [-0.15, -0.1) is 5.75 Å². The van der Waals surface area contributed by atoms with Gasteiger partial charge in [0.15, 0.2) is 0 Å². The monoisotopic (exact) mass is 695 g/mol. The maximum absolute atomic E-state index is 13.9. The van der Waals surface area contributed by atoms with Crippen LogP contribution < -0.4 is 5.11 Å². The summed E-state index contributed by atoms with van der Waals surface area (Å²) >= 11 is 0. The third kappa shape index (κ3) is 8.69. The summed E-state index contributed by atoms with van der Waals surface area (Å²) in [6, 6.07) is 35.6. The first-order valence-electron chi connectivity index (χ1n) is 17.6. The molecule has 0 radical (unpaired) electrons. The SMILES string of the molecule is C.C.CC.CC.Cc1cc2c([O-])c(c1)Cc1cc(-c3ccccc3)cc(c1O)Cc1cc(-c3ccccc3)cc(c1O)Cc1cc(C)cc(c1O)C2. The summed E-state index contributed by atoms with van der Waals surface area (Å²) in [5.74, 6) is 0.324. The number of fused-ring (bicyclic) bond motifs is 8. The average molecular weight is 696 g/mol. The first kappa shape index (κ1) is 40.9. The Morgan fingerprint density at radius 2 is 0.635 bits per heavy atom. The Bertz CT molecular complexity index is 1950. The van der Waals surface area contributed by atoms with Crippen molar-refractivity contribution in [3.05, 3.63) is 165 Å². The zero-order chi connectivity index (χ0) is 35.9. The summed E-state index contributed by atoms with van der Waals surface area (Å²) in [6.07, 6.45) is 1.09. The Hall–Kier alpha value is -5.48. The quantitative estimate of drug-likeness (QED) is 0.168. The van der Waals surface area contributed by atoms with Crippen molar-refractivity contribution in [2.45, 2.75) is 82.1 Å². The van der Waals surface area contributed by atoms with Gasteiger partial charge in [-0.25, -0.2) is 0 Å². The number of phenols is 3. The molecule has 4 nitrogen and oxygen atoms in total. The van der Waals surface area contributed by atoms with Crippen molar-refractivity contribution in [2.75, 3.05) is 0 Å². The minimum absolute atomic E-state index is 0. The Morgan fingerprint density at radius 3 is 0.942 bits per heavy atom. The Labute approximate surface area is 311 Å². The highest BCUT2D eigenvalue weighted by Gasteiger charge is 2.20. The zero-order valence-corrected chi connectivity index (χ0v) is 30.0. The Balaban J connectivity index is 0.00000118. The van der Waals surface area contributed by atoms with Gasteiger partial charge < -0.3 is 20.4 Å². The fourth-order valence-electron chi connectivity index (χ4n) is 6.87. The van der Waals surface area contributed by atoms with Crippen LogP contribution in [0.5, 0.6) is 23.0 Å². The van der Waals surface area contributed by atoms with E-state index in [1.54, 1.807) is 0 Å². The second kappa shape index (κ2) is 18.1. The molecule has 272 valence electrons. The second-order valence-electron chi connectivity index (χ2n) is 12.6. The van der Waals surface area contributed by atoms with Crippen LogP contribution in [0, 0.1) is 13.8 Å². The summed E-state index contributed by atoms with van der Waals surface area (Å²) in [6.45, 7) is 12.0. The van der Waals surface area contributed by atoms with E-state index in [0.717, 1.165) is 33.4 Å². The van der Waals surface area contributed by atoms with Crippen molar-refractivity contribution >= 4 is 0 Å². The van der Waals surface area contributed by atoms with E-state index >= 15 is 0 Å². The molecule has 0 aliphatic heterocycles. The third-order valence-corrected chi connectivity index (χ3v) is 9.07. The zero-order valence-electron chi connectivity index (χ0n) is 30.0. The molecular weight excluding hydrogens is 641 g/mol. The number of benzene rings is 6. The van der Waals surface area contributed by atoms with Gasteiger partial charge in [0, 0.05) is 25.7 Å². The molecule has 8 bridgehead atoms. The van der Waals surface area contributed by atoms with Gasteiger partial charge in [-0.1, -0.05) is 150 Å². The molecule has 0 amide bonds. The molecule has 1 aliphatic carbocycles. The smallest absolute Gasteiger partial charge is 0.122 e. The first-order chi connectivity index (χ1) is 24.2. The highest BCUT2D eigenvalue weighted by atomic mass is 16.3. The summed E-state index contributed by atoms with van der Waals surface area (Å²) < 4.78 is 0. The summed E-state index contributed by atoms with van der Waals surface area (Å²) in [7, 11) is 0. The third-order valence-electron chi connectivity index (χ3n) is 9.07. The van der Waals surface area contributed by atoms with Crippen molar-refractivity contribution < 1.29 is 20.4 Å². The van der Waals surface area contributed by atoms with Crippen molar-refractivity contribution in [3.8, 4) is 45.3 Å². The normalized spacial score (nSPS) is 11.3. The summed E-state index contributed by atoms with van der Waals surface area (Å²) in [4.78, 5) is 0. The second-order valence-corrected chi connectivity index (χ2v) is 12.6. The largest absolute Gasteiger partial charge is 0.872 e. The maximum Gasteiger partial charge on any atom is 0.122 e. The summed E-state index contributed by atoms with van der Waals surface area (Å²) in [5, 5.41) is 49.0. The van der Waals surface area contributed by atoms with Gasteiger partial charge in [-0.3, -0.25) is 0 Å². The maximum atomic E-state index is 13.9. The topological polar surface area (TPSA) is 83.8 Å². The summed E-state index contributed by atoms with van der Waals surface area (Å²) in [5.41, 5.74) is 11.0. The lowest BCUT2D eigenvalue weighted by atomic mass is 9.87. The molecule has 6 aromatic carbocycles. The Morgan fingerprint density at radius 1 is 0.385 bits per heavy atom. The number of rotatable bonds is 2. The van der Waals surface area contributed by atoms with Gasteiger partial charge in [0.2, 0.25) is 0 Å². The molecule has 0 aromatic heterocycles. The van der Waals surface area contributed by atoms with E-state index in [2.05, 4.69) is 0 Å². The number of hydrogen-bond acceptors (Lipinski definition) is 4. The predicted molar refractivity (Wildman–Crippen MR) is 218 cm³/mol. The van der Waals surface area contributed by atoms with E-state index in [0.29, 0.717) is 50.9 Å². The molecule has 0 spiro atoms. The predicted octanol–water partition coefficient (Wildman–Crippen LogP) is 11.8. The van der Waals surface area contributed by atoms with E-state index < -0.39 is 0 Å². The molecule has 0 atom stereocenters. The number of phenolic OH excluding ortho intramolecular Hbond substituents is 3. The molecule has 1 aliphatic rings. The van der Waals surface area contributed by atoms with Gasteiger partial charge in [-0.2, -0.15) is 0 Å². The molecule has 52 heavy (non-hydrogen) atoms. The van der Waals surface area contributed by atoms with Gasteiger partial charge >= 0.3 is 0 Å². The van der Waals surface area contributed by atoms with E-state index in [4.69, 9.17) is 0 Å². The molecule has 0 unspecified atom stereocenters. The van der Waals surface area contributed by atoms with Crippen LogP contribution in [0.25, 0.3) is 22.3 Å². The fourth-order valence-corrected chi connectivity index (χ4v) is 6.87. The van der Waals surface area contributed by atoms with Crippen LogP contribution in [0.4, 0.5) is 0 Å². The van der Waals surface area contributed by atoms with Crippen molar-refractivity contribution in [1.82, 2.24) is 0 Å². The van der Waals surface area contributed by atoms with Gasteiger partial charge in [-0.05, 0) is 93.7 Å². The molecule has 4 heteroatoms. The highest BCUT2D eigenvalue weighted by Crippen LogP contribution is 2.40. The molecule has 6 aromatic rings. The number of aromatic hydroxyl groups is 3. The van der Waals surface area contributed by atoms with Crippen LogP contribution in [0.3, 0.4) is 0 Å². The fraction of sp³-hybridized carbons (Fsp3) is 0.250. The molecule has 0 heterocycles. The number of aryl methyl sites for hydroxylation is 2. The molecule has 0 saturated heterocycles. The minimum Gasteiger partial charge on any atom is -0.872 e. The van der Waals surface area contributed by atoms with E-state index in [1.807, 2.05) is 151 Å². The van der Waals surface area contributed by atoms with Crippen LogP contribution in [-0.4, -0.2) is 15.3 Å². The lowest BCUT2D eigenvalue weighted by Gasteiger charge is -2.23. The van der Waals surface area contributed by atoms with E-state index in [9.17, 15) is 20.4 Å². The average Bonchev–Trinajstić information content (AvgIpc) is 3.14. The lowest BCUT2D eigenvalue weighted by Crippen LogP contribution is -2.07. The molecular formula is C48H55O4-. The van der Waals surface area contributed by atoms with Crippen LogP contribution >= 0.6 is 0 Å². The standard InChI is InChI=1S/C42H36O4.2C2H6.2CH4/c1-25-13-31-21-32-14-26(2)16-34(40(32)44)23-36-18-30(28-11-7-4-8-12-28)20-38(42(36)46)24-37-19-29(27-9-5-3-6-10-27)17-35(41(37)45)22-33(15-25)39(31)43;2*1-2;;/h3-20,43-46H,21-24H2,1-2H3;2*1-2H3;2*1H4/p-1. The van der Waals surface area contributed by atoms with Gasteiger partial charge in [0.25, 0.3) is 0 Å². The number of hydrogen-bond donors (Lipinski definition) is 3. The molecule has 0 saturated carbocycles. The van der Waals surface area contributed by atoms with E-state index in [-0.39, 0.29) is 57.1 Å². The van der Waals surface area contributed by atoms with Crippen molar-refractivity contribution in [1.29, 1.82) is 0 Å². The van der Waals surface area contributed by atoms with Gasteiger partial charge in [0.1, 0.15) is 17.2 Å².